The number of para-hydroxylation sites is 1. The fourth-order valence-electron chi connectivity index (χ4n) is 3.21. The van der Waals surface area contributed by atoms with E-state index in [1.54, 1.807) is 6.92 Å². The van der Waals surface area contributed by atoms with Gasteiger partial charge in [0.15, 0.2) is 0 Å². The van der Waals surface area contributed by atoms with Crippen LogP contribution in [0.25, 0.3) is 10.9 Å². The molecule has 3 rings (SSSR count). The maximum Gasteiger partial charge on any atom is 0.417 e. The molecule has 1 aliphatic rings. The van der Waals surface area contributed by atoms with E-state index in [-0.39, 0.29) is 28.8 Å². The predicted octanol–water partition coefficient (Wildman–Crippen LogP) is 2.93. The lowest BCUT2D eigenvalue weighted by Gasteiger charge is -2.26. The number of urea groups is 1. The van der Waals surface area contributed by atoms with Crippen molar-refractivity contribution in [1.29, 1.82) is 0 Å². The molecule has 2 aromatic rings. The molecule has 1 aromatic carbocycles. The third-order valence-corrected chi connectivity index (χ3v) is 4.49. The number of halogens is 3. The summed E-state index contributed by atoms with van der Waals surface area (Å²) in [6.45, 7) is 2.52. The lowest BCUT2D eigenvalue weighted by molar-refractivity contribution is -0.139. The molecule has 1 aromatic heterocycles. The van der Waals surface area contributed by atoms with Crippen LogP contribution in [0.1, 0.15) is 29.8 Å². The monoisotopic (exact) mass is 437 g/mol. The molecule has 0 bridgehead atoms. The van der Waals surface area contributed by atoms with Crippen molar-refractivity contribution in [2.24, 2.45) is 0 Å². The number of hydrogen-bond donors (Lipinski definition) is 2. The van der Waals surface area contributed by atoms with Crippen LogP contribution in [0.2, 0.25) is 0 Å². The van der Waals surface area contributed by atoms with Gasteiger partial charge >= 0.3 is 24.1 Å². The first-order valence-electron chi connectivity index (χ1n) is 9.23. The summed E-state index contributed by atoms with van der Waals surface area (Å²) in [4.78, 5) is 40.4. The molecule has 31 heavy (non-hydrogen) atoms. The molecule has 1 atom stereocenters. The zero-order valence-electron chi connectivity index (χ0n) is 16.5. The van der Waals surface area contributed by atoms with Crippen molar-refractivity contribution in [3.8, 4) is 0 Å². The first-order chi connectivity index (χ1) is 14.6. The molecule has 164 valence electrons. The summed E-state index contributed by atoms with van der Waals surface area (Å²) in [7, 11) is 0. The van der Waals surface area contributed by atoms with Gasteiger partial charge in [-0.05, 0) is 19.9 Å². The SMILES string of the molecule is CCOC(=O)C1=C(COC(=O)c2cnc3ccccc3c2C(F)(F)F)NC(=O)N[C@@H]1C. The molecule has 0 aliphatic carbocycles. The topological polar surface area (TPSA) is 107 Å². The van der Waals surface area contributed by atoms with Crippen molar-refractivity contribution < 1.29 is 37.0 Å². The van der Waals surface area contributed by atoms with Crippen molar-refractivity contribution in [2.45, 2.75) is 26.1 Å². The van der Waals surface area contributed by atoms with E-state index >= 15 is 0 Å². The Bertz CT molecular complexity index is 1080. The average Bonchev–Trinajstić information content (AvgIpc) is 2.70. The highest BCUT2D eigenvalue weighted by atomic mass is 19.4. The number of benzene rings is 1. The van der Waals surface area contributed by atoms with E-state index < -0.39 is 47.9 Å². The molecule has 0 saturated carbocycles. The molecule has 0 spiro atoms. The summed E-state index contributed by atoms with van der Waals surface area (Å²) in [5.41, 5.74) is -1.96. The number of rotatable bonds is 5. The van der Waals surface area contributed by atoms with Crippen LogP contribution in [0, 0.1) is 0 Å². The van der Waals surface area contributed by atoms with E-state index in [4.69, 9.17) is 9.47 Å². The van der Waals surface area contributed by atoms with E-state index in [1.807, 2.05) is 0 Å². The van der Waals surface area contributed by atoms with E-state index in [0.29, 0.717) is 0 Å². The highest BCUT2D eigenvalue weighted by Gasteiger charge is 2.38. The standard InChI is InChI=1S/C20H18F3N3O5/c1-3-30-18(28)15-10(2)25-19(29)26-14(15)9-31-17(27)12-8-24-13-7-5-4-6-11(13)16(12)20(21,22)23/h4-8,10H,3,9H2,1-2H3,(H2,25,26,29)/t10-/m1/s1. The smallest absolute Gasteiger partial charge is 0.417 e. The second-order valence-corrected chi connectivity index (χ2v) is 6.57. The van der Waals surface area contributed by atoms with E-state index in [1.165, 1.54) is 31.2 Å². The zero-order chi connectivity index (χ0) is 22.8. The first kappa shape index (κ1) is 22.1. The van der Waals surface area contributed by atoms with Gasteiger partial charge in [-0.15, -0.1) is 0 Å². The van der Waals surface area contributed by atoms with Gasteiger partial charge in [0.25, 0.3) is 0 Å². The molecular weight excluding hydrogens is 419 g/mol. The Hall–Kier alpha value is -3.63. The number of aromatic nitrogens is 1. The van der Waals surface area contributed by atoms with Crippen molar-refractivity contribution in [3.05, 3.63) is 52.9 Å². The number of carbonyl (C=O) groups is 3. The number of amides is 2. The minimum atomic E-state index is -4.84. The lowest BCUT2D eigenvalue weighted by Crippen LogP contribution is -2.50. The summed E-state index contributed by atoms with van der Waals surface area (Å²) < 4.78 is 51.1. The van der Waals surface area contributed by atoms with Crippen LogP contribution in [0.15, 0.2) is 41.7 Å². The Balaban J connectivity index is 1.94. The highest BCUT2D eigenvalue weighted by Crippen LogP contribution is 2.37. The molecule has 2 heterocycles. The molecule has 0 saturated heterocycles. The minimum Gasteiger partial charge on any atom is -0.463 e. The van der Waals surface area contributed by atoms with Crippen LogP contribution in [0.3, 0.4) is 0 Å². The molecule has 11 heteroatoms. The number of nitrogens with zero attached hydrogens (tertiary/aromatic N) is 1. The fourth-order valence-corrected chi connectivity index (χ4v) is 3.21. The molecule has 2 N–H and O–H groups in total. The number of pyridine rings is 1. The number of nitrogens with one attached hydrogen (secondary N) is 2. The molecule has 8 nitrogen and oxygen atoms in total. The van der Waals surface area contributed by atoms with Gasteiger partial charge < -0.3 is 20.1 Å². The van der Waals surface area contributed by atoms with Gasteiger partial charge in [0, 0.05) is 11.6 Å². The average molecular weight is 437 g/mol. The van der Waals surface area contributed by atoms with Crippen molar-refractivity contribution in [2.75, 3.05) is 13.2 Å². The number of alkyl halides is 3. The summed E-state index contributed by atoms with van der Waals surface area (Å²) in [5.74, 6) is -2.06. The molecule has 0 radical (unpaired) electrons. The molecule has 1 aliphatic heterocycles. The van der Waals surface area contributed by atoms with E-state index in [9.17, 15) is 27.6 Å². The molecular formula is C20H18F3N3O5. The third-order valence-electron chi connectivity index (χ3n) is 4.49. The van der Waals surface area contributed by atoms with Crippen LogP contribution in [-0.4, -0.2) is 42.2 Å². The van der Waals surface area contributed by atoms with Crippen LogP contribution >= 0.6 is 0 Å². The van der Waals surface area contributed by atoms with Gasteiger partial charge in [-0.2, -0.15) is 13.2 Å². The van der Waals surface area contributed by atoms with Gasteiger partial charge in [0.2, 0.25) is 0 Å². The zero-order valence-corrected chi connectivity index (χ0v) is 16.5. The number of ether oxygens (including phenoxy) is 2. The maximum absolute atomic E-state index is 13.7. The van der Waals surface area contributed by atoms with Gasteiger partial charge in [-0.1, -0.05) is 18.2 Å². The molecule has 0 fully saturated rings. The Labute approximate surface area is 174 Å². The van der Waals surface area contributed by atoms with Gasteiger partial charge in [-0.3, -0.25) is 4.98 Å². The Morgan fingerprint density at radius 1 is 1.16 bits per heavy atom. The summed E-state index contributed by atoms with van der Waals surface area (Å²) >= 11 is 0. The maximum atomic E-state index is 13.7. The molecule has 0 unspecified atom stereocenters. The van der Waals surface area contributed by atoms with Gasteiger partial charge in [0.1, 0.15) is 6.61 Å². The normalized spacial score (nSPS) is 16.5. The number of fused-ring (bicyclic) bond motifs is 1. The third kappa shape index (κ3) is 4.60. The van der Waals surface area contributed by atoms with Crippen molar-refractivity contribution in [3.63, 3.8) is 0 Å². The van der Waals surface area contributed by atoms with Crippen LogP contribution in [0.4, 0.5) is 18.0 Å². The van der Waals surface area contributed by atoms with Crippen LogP contribution in [-0.2, 0) is 20.4 Å². The quantitative estimate of drug-likeness (QED) is 0.697. The minimum absolute atomic E-state index is 0.00179. The van der Waals surface area contributed by atoms with Gasteiger partial charge in [-0.25, -0.2) is 14.4 Å². The Morgan fingerprint density at radius 2 is 1.87 bits per heavy atom. The number of hydrogen-bond acceptors (Lipinski definition) is 6. The highest BCUT2D eigenvalue weighted by molar-refractivity contribution is 5.98. The van der Waals surface area contributed by atoms with Crippen LogP contribution in [0.5, 0.6) is 0 Å². The van der Waals surface area contributed by atoms with E-state index in [0.717, 1.165) is 6.20 Å². The predicted molar refractivity (Wildman–Crippen MR) is 102 cm³/mol. The largest absolute Gasteiger partial charge is 0.463 e. The Morgan fingerprint density at radius 3 is 2.55 bits per heavy atom. The van der Waals surface area contributed by atoms with Crippen LogP contribution < -0.4 is 10.6 Å². The fraction of sp³-hybridized carbons (Fsp3) is 0.300. The van der Waals surface area contributed by atoms with Crippen molar-refractivity contribution >= 4 is 28.9 Å². The summed E-state index contributed by atoms with van der Waals surface area (Å²) in [6.07, 6.45) is -4.05. The lowest BCUT2D eigenvalue weighted by atomic mass is 10.0. The second-order valence-electron chi connectivity index (χ2n) is 6.57. The molecule has 2 amide bonds. The van der Waals surface area contributed by atoms with Crippen molar-refractivity contribution in [1.82, 2.24) is 15.6 Å². The Kier molecular flexibility index (Phi) is 6.14. The van der Waals surface area contributed by atoms with Gasteiger partial charge in [0.05, 0.1) is 40.6 Å². The summed E-state index contributed by atoms with van der Waals surface area (Å²) in [6, 6.07) is 4.11. The number of carbonyl (C=O) groups excluding carboxylic acids is 3. The first-order valence-corrected chi connectivity index (χ1v) is 9.23. The second kappa shape index (κ2) is 8.62. The summed E-state index contributed by atoms with van der Waals surface area (Å²) in [5, 5.41) is 4.54. The van der Waals surface area contributed by atoms with E-state index in [2.05, 4.69) is 15.6 Å². The number of esters is 2.